The van der Waals surface area contributed by atoms with Crippen molar-refractivity contribution in [3.63, 3.8) is 0 Å². The number of alkyl halides is 3. The third-order valence-corrected chi connectivity index (χ3v) is 5.80. The highest BCUT2D eigenvalue weighted by Crippen LogP contribution is 2.25. The van der Waals surface area contributed by atoms with Crippen LogP contribution in [-0.4, -0.2) is 104 Å². The molecule has 3 fully saturated rings. The molecule has 0 aliphatic carbocycles. The Morgan fingerprint density at radius 2 is 1.93 bits per heavy atom. The summed E-state index contributed by atoms with van der Waals surface area (Å²) in [5.74, 6) is 0.747. The molecule has 27 heavy (non-hydrogen) atoms. The Morgan fingerprint density at radius 3 is 2.56 bits per heavy atom. The van der Waals surface area contributed by atoms with Gasteiger partial charge in [0.05, 0.1) is 12.7 Å². The Kier molecular flexibility index (Phi) is 8.44. The Labute approximate surface area is 176 Å². The molecule has 0 aromatic heterocycles. The summed E-state index contributed by atoms with van der Waals surface area (Å²) in [6.45, 7) is 6.64. The number of rotatable bonds is 3. The maximum absolute atomic E-state index is 12.9. The zero-order chi connectivity index (χ0) is 18.7. The maximum Gasteiger partial charge on any atom is 0.403 e. The van der Waals surface area contributed by atoms with E-state index in [1.54, 1.807) is 7.05 Å². The van der Waals surface area contributed by atoms with E-state index in [2.05, 4.69) is 15.2 Å². The summed E-state index contributed by atoms with van der Waals surface area (Å²) in [6.07, 6.45) is -1.57. The van der Waals surface area contributed by atoms with Crippen LogP contribution in [-0.2, 0) is 4.74 Å². The largest absolute Gasteiger partial charge is 0.403 e. The number of nitrogens with one attached hydrogen (secondary N) is 1. The van der Waals surface area contributed by atoms with E-state index in [9.17, 15) is 13.2 Å². The van der Waals surface area contributed by atoms with Crippen molar-refractivity contribution >= 4 is 29.9 Å². The van der Waals surface area contributed by atoms with E-state index in [0.29, 0.717) is 38.8 Å². The molecule has 0 amide bonds. The SMILES string of the molecule is CN=C(NCC1CN2CCCC2CO1)N1CCN(C(C)C(F)(F)F)CC1.I. The van der Waals surface area contributed by atoms with Gasteiger partial charge in [0.1, 0.15) is 6.04 Å². The van der Waals surface area contributed by atoms with Crippen LogP contribution in [0, 0.1) is 0 Å². The quantitative estimate of drug-likeness (QED) is 0.359. The van der Waals surface area contributed by atoms with Crippen molar-refractivity contribution in [2.24, 2.45) is 4.99 Å². The summed E-state index contributed by atoms with van der Waals surface area (Å²) in [5.41, 5.74) is 0. The molecular weight excluding hydrogens is 474 g/mol. The predicted octanol–water partition coefficient (Wildman–Crippen LogP) is 1.61. The number of ether oxygens (including phenoxy) is 1. The van der Waals surface area contributed by atoms with Crippen LogP contribution in [0.25, 0.3) is 0 Å². The first-order valence-electron chi connectivity index (χ1n) is 9.50. The zero-order valence-electron chi connectivity index (χ0n) is 16.0. The highest BCUT2D eigenvalue weighted by atomic mass is 127. The van der Waals surface area contributed by atoms with Gasteiger partial charge in [-0.3, -0.25) is 14.8 Å². The van der Waals surface area contributed by atoms with E-state index in [4.69, 9.17) is 4.74 Å². The Hall–Kier alpha value is -0.330. The van der Waals surface area contributed by atoms with Crippen LogP contribution in [0.3, 0.4) is 0 Å². The van der Waals surface area contributed by atoms with Crippen LogP contribution in [0.2, 0.25) is 0 Å². The van der Waals surface area contributed by atoms with E-state index < -0.39 is 12.2 Å². The van der Waals surface area contributed by atoms with Crippen LogP contribution in [0.5, 0.6) is 0 Å². The lowest BCUT2D eigenvalue weighted by molar-refractivity contribution is -0.181. The van der Waals surface area contributed by atoms with E-state index in [1.165, 1.54) is 24.7 Å². The monoisotopic (exact) mass is 505 g/mol. The fourth-order valence-corrected chi connectivity index (χ4v) is 4.07. The van der Waals surface area contributed by atoms with Crippen molar-refractivity contribution in [3.05, 3.63) is 0 Å². The van der Waals surface area contributed by atoms with Crippen LogP contribution in [0.1, 0.15) is 19.8 Å². The smallest absolute Gasteiger partial charge is 0.373 e. The molecule has 0 saturated carbocycles. The molecule has 10 heteroatoms. The molecule has 3 rings (SSSR count). The molecule has 0 radical (unpaired) electrons. The number of halogens is 4. The summed E-state index contributed by atoms with van der Waals surface area (Å²) in [5, 5.41) is 3.35. The number of hydrogen-bond donors (Lipinski definition) is 1. The van der Waals surface area contributed by atoms with Crippen LogP contribution in [0.4, 0.5) is 13.2 Å². The van der Waals surface area contributed by atoms with E-state index >= 15 is 0 Å². The molecule has 0 spiro atoms. The molecule has 0 aromatic carbocycles. The molecule has 3 aliphatic heterocycles. The third kappa shape index (κ3) is 5.83. The van der Waals surface area contributed by atoms with Gasteiger partial charge in [-0.05, 0) is 26.3 Å². The highest BCUT2D eigenvalue weighted by Gasteiger charge is 2.41. The minimum absolute atomic E-state index is 0. The van der Waals surface area contributed by atoms with Crippen molar-refractivity contribution in [2.75, 3.05) is 59.5 Å². The number of nitrogens with zero attached hydrogens (tertiary/aromatic N) is 4. The number of aliphatic imine (C=N–C) groups is 1. The average Bonchev–Trinajstić information content (AvgIpc) is 3.09. The lowest BCUT2D eigenvalue weighted by Gasteiger charge is -2.40. The van der Waals surface area contributed by atoms with Gasteiger partial charge in [0, 0.05) is 52.4 Å². The molecule has 3 atom stereocenters. The summed E-state index contributed by atoms with van der Waals surface area (Å²) >= 11 is 0. The number of morpholine rings is 1. The van der Waals surface area contributed by atoms with Crippen molar-refractivity contribution in [1.82, 2.24) is 20.0 Å². The van der Waals surface area contributed by atoms with Gasteiger partial charge in [-0.1, -0.05) is 0 Å². The summed E-state index contributed by atoms with van der Waals surface area (Å²) in [4.78, 5) is 10.3. The van der Waals surface area contributed by atoms with E-state index in [-0.39, 0.29) is 30.1 Å². The predicted molar refractivity (Wildman–Crippen MR) is 110 cm³/mol. The van der Waals surface area contributed by atoms with Gasteiger partial charge in [0.2, 0.25) is 0 Å². The fourth-order valence-electron chi connectivity index (χ4n) is 4.07. The molecule has 6 nitrogen and oxygen atoms in total. The van der Waals surface area contributed by atoms with Crippen molar-refractivity contribution in [2.45, 2.75) is 44.1 Å². The lowest BCUT2D eigenvalue weighted by Crippen LogP contribution is -2.58. The third-order valence-electron chi connectivity index (χ3n) is 5.80. The second-order valence-electron chi connectivity index (χ2n) is 7.42. The van der Waals surface area contributed by atoms with Gasteiger partial charge in [-0.2, -0.15) is 13.2 Å². The highest BCUT2D eigenvalue weighted by molar-refractivity contribution is 14.0. The van der Waals surface area contributed by atoms with E-state index in [0.717, 1.165) is 25.7 Å². The van der Waals surface area contributed by atoms with Gasteiger partial charge in [-0.25, -0.2) is 0 Å². The number of piperazine rings is 1. The van der Waals surface area contributed by atoms with Gasteiger partial charge in [-0.15, -0.1) is 24.0 Å². The van der Waals surface area contributed by atoms with Gasteiger partial charge < -0.3 is 15.0 Å². The van der Waals surface area contributed by atoms with E-state index in [1.807, 2.05) is 4.90 Å². The Balaban J connectivity index is 0.00000261. The van der Waals surface area contributed by atoms with Gasteiger partial charge >= 0.3 is 6.18 Å². The Morgan fingerprint density at radius 1 is 1.22 bits per heavy atom. The van der Waals surface area contributed by atoms with Crippen LogP contribution >= 0.6 is 24.0 Å². The minimum atomic E-state index is -4.17. The maximum atomic E-state index is 12.9. The van der Waals surface area contributed by atoms with Crippen LogP contribution in [0.15, 0.2) is 4.99 Å². The molecule has 3 heterocycles. The Bertz CT molecular complexity index is 499. The molecular formula is C17H31F3IN5O. The summed E-state index contributed by atoms with van der Waals surface area (Å²) in [6, 6.07) is -0.821. The summed E-state index contributed by atoms with van der Waals surface area (Å²) in [7, 11) is 1.71. The standard InChI is InChI=1S/C17H30F3N5O.HI/c1-13(17(18,19)20)23-6-8-24(9-7-23)16(21-2)22-10-15-11-25-5-3-4-14(25)12-26-15;/h13-15H,3-12H2,1-2H3,(H,21,22);1H. The van der Waals surface area contributed by atoms with Crippen LogP contribution < -0.4 is 5.32 Å². The fraction of sp³-hybridized carbons (Fsp3) is 0.941. The minimum Gasteiger partial charge on any atom is -0.373 e. The van der Waals surface area contributed by atoms with Gasteiger partial charge in [0.15, 0.2) is 5.96 Å². The second-order valence-corrected chi connectivity index (χ2v) is 7.42. The lowest BCUT2D eigenvalue weighted by atomic mass is 10.2. The first-order chi connectivity index (χ1) is 12.4. The van der Waals surface area contributed by atoms with Gasteiger partial charge in [0.25, 0.3) is 0 Å². The van der Waals surface area contributed by atoms with Crippen molar-refractivity contribution in [1.29, 1.82) is 0 Å². The number of hydrogen-bond acceptors (Lipinski definition) is 4. The molecule has 158 valence electrons. The number of guanidine groups is 1. The normalized spacial score (nSPS) is 29.2. The molecule has 3 aliphatic rings. The molecule has 0 bridgehead atoms. The number of fused-ring (bicyclic) bond motifs is 1. The molecule has 1 N–H and O–H groups in total. The van der Waals surface area contributed by atoms with Crippen molar-refractivity contribution < 1.29 is 17.9 Å². The molecule has 3 saturated heterocycles. The topological polar surface area (TPSA) is 43.3 Å². The first kappa shape index (κ1) is 23.0. The molecule has 0 aromatic rings. The second kappa shape index (κ2) is 9.93. The average molecular weight is 505 g/mol. The molecule has 3 unspecified atom stereocenters. The zero-order valence-corrected chi connectivity index (χ0v) is 18.4. The summed E-state index contributed by atoms with van der Waals surface area (Å²) < 4.78 is 44.5. The van der Waals surface area contributed by atoms with Crippen molar-refractivity contribution in [3.8, 4) is 0 Å². The first-order valence-corrected chi connectivity index (χ1v) is 9.50.